The molecule has 0 aromatic heterocycles. The van der Waals surface area contributed by atoms with Gasteiger partial charge in [0, 0.05) is 50.5 Å². The van der Waals surface area contributed by atoms with E-state index >= 15 is 0 Å². The number of aliphatic hydroxyl groups excluding tert-OH is 1. The molecule has 2 amide bonds. The maximum absolute atomic E-state index is 12.1. The summed E-state index contributed by atoms with van der Waals surface area (Å²) in [4.78, 5) is 12.1. The van der Waals surface area contributed by atoms with Crippen LogP contribution in [0.3, 0.4) is 0 Å². The van der Waals surface area contributed by atoms with E-state index in [1.165, 1.54) is 5.56 Å². The number of aryl methyl sites for hydroxylation is 1. The Labute approximate surface area is 256 Å². The normalized spacial score (nSPS) is 14.4. The standard InChI is InChI=1S/C35H47N3O5/c1-35(2)42-26-29-24-28(17-20-33(29)43-35)32(39)25-36-21-9-3-4-10-22-41-23-11-8-12-27-15-18-31(19-16-27)38-34(40)37-30-13-6-5-7-14-30/h5-7,13-20,24,32,36,39H,3-4,8-12,21-23,25-26H2,1-2H3,(H2,37,38,40)/t32-/m0/s1. The Kier molecular flexibility index (Phi) is 12.9. The molecular weight excluding hydrogens is 542 g/mol. The number of para-hydroxylation sites is 1. The monoisotopic (exact) mass is 589 g/mol. The topological polar surface area (TPSA) is 101 Å². The second-order valence-corrected chi connectivity index (χ2v) is 11.5. The molecule has 232 valence electrons. The third kappa shape index (κ3) is 11.6. The van der Waals surface area contributed by atoms with Gasteiger partial charge in [-0.15, -0.1) is 0 Å². The van der Waals surface area contributed by atoms with Crippen molar-refractivity contribution in [2.45, 2.75) is 77.3 Å². The summed E-state index contributed by atoms with van der Waals surface area (Å²) in [6, 6.07) is 23.0. The highest BCUT2D eigenvalue weighted by atomic mass is 16.7. The van der Waals surface area contributed by atoms with E-state index in [0.717, 1.165) is 93.0 Å². The van der Waals surface area contributed by atoms with Gasteiger partial charge in [-0.2, -0.15) is 0 Å². The summed E-state index contributed by atoms with van der Waals surface area (Å²) in [5, 5.41) is 19.6. The van der Waals surface area contributed by atoms with Gasteiger partial charge in [-0.25, -0.2) is 4.79 Å². The van der Waals surface area contributed by atoms with E-state index in [-0.39, 0.29) is 6.03 Å². The molecule has 1 aliphatic rings. The highest BCUT2D eigenvalue weighted by molar-refractivity contribution is 5.99. The van der Waals surface area contributed by atoms with E-state index in [2.05, 4.69) is 28.1 Å². The number of fused-ring (bicyclic) bond motifs is 1. The number of benzene rings is 3. The molecular formula is C35H47N3O5. The largest absolute Gasteiger partial charge is 0.463 e. The van der Waals surface area contributed by atoms with Crippen molar-refractivity contribution in [2.75, 3.05) is 36.9 Å². The Bertz CT molecular complexity index is 1250. The number of rotatable bonds is 17. The summed E-state index contributed by atoms with van der Waals surface area (Å²) in [6.07, 6.45) is 7.00. The van der Waals surface area contributed by atoms with Gasteiger partial charge >= 0.3 is 6.03 Å². The molecule has 0 aliphatic carbocycles. The van der Waals surface area contributed by atoms with Gasteiger partial charge in [-0.05, 0) is 86.2 Å². The SMILES string of the molecule is CC1(C)OCc2cc([C@@H](O)CNCCCCCCOCCCCc3ccc(NC(=O)Nc4ccccc4)cc3)ccc2O1. The predicted octanol–water partition coefficient (Wildman–Crippen LogP) is 7.20. The number of aliphatic hydroxyl groups is 1. The van der Waals surface area contributed by atoms with Crippen LogP contribution in [-0.4, -0.2) is 43.2 Å². The molecule has 3 aromatic rings. The Morgan fingerprint density at radius 3 is 2.35 bits per heavy atom. The van der Waals surface area contributed by atoms with Crippen molar-refractivity contribution in [3.63, 3.8) is 0 Å². The molecule has 0 bridgehead atoms. The first kappa shape index (κ1) is 32.5. The summed E-state index contributed by atoms with van der Waals surface area (Å²) >= 11 is 0. The molecule has 0 radical (unpaired) electrons. The fourth-order valence-corrected chi connectivity index (χ4v) is 4.93. The number of unbranched alkanes of at least 4 members (excludes halogenated alkanes) is 4. The van der Waals surface area contributed by atoms with Crippen LogP contribution < -0.4 is 20.7 Å². The molecule has 1 heterocycles. The lowest BCUT2D eigenvalue weighted by Crippen LogP contribution is -2.35. The number of amides is 2. The minimum atomic E-state index is -0.610. The van der Waals surface area contributed by atoms with Crippen molar-refractivity contribution in [1.29, 1.82) is 0 Å². The summed E-state index contributed by atoms with van der Waals surface area (Å²) in [5.74, 6) is 0.216. The van der Waals surface area contributed by atoms with Crippen molar-refractivity contribution < 1.29 is 24.1 Å². The highest BCUT2D eigenvalue weighted by Gasteiger charge is 2.27. The molecule has 8 nitrogen and oxygen atoms in total. The molecule has 1 atom stereocenters. The third-order valence-electron chi connectivity index (χ3n) is 7.38. The Morgan fingerprint density at radius 2 is 1.58 bits per heavy atom. The number of anilines is 2. The van der Waals surface area contributed by atoms with Crippen LogP contribution in [0.5, 0.6) is 5.75 Å². The highest BCUT2D eigenvalue weighted by Crippen LogP contribution is 2.32. The second kappa shape index (κ2) is 17.0. The maximum Gasteiger partial charge on any atom is 0.323 e. The Morgan fingerprint density at radius 1 is 0.884 bits per heavy atom. The van der Waals surface area contributed by atoms with Gasteiger partial charge in [0.25, 0.3) is 0 Å². The lowest BCUT2D eigenvalue weighted by molar-refractivity contribution is -0.180. The smallest absolute Gasteiger partial charge is 0.323 e. The molecule has 43 heavy (non-hydrogen) atoms. The van der Waals surface area contributed by atoms with Crippen LogP contribution >= 0.6 is 0 Å². The van der Waals surface area contributed by atoms with Crippen molar-refractivity contribution in [3.8, 4) is 5.75 Å². The summed E-state index contributed by atoms with van der Waals surface area (Å²) in [7, 11) is 0. The van der Waals surface area contributed by atoms with Crippen LogP contribution in [0.4, 0.5) is 16.2 Å². The quantitative estimate of drug-likeness (QED) is 0.124. The molecule has 0 fully saturated rings. The maximum atomic E-state index is 12.1. The molecule has 3 aromatic carbocycles. The van der Waals surface area contributed by atoms with E-state index in [1.54, 1.807) is 0 Å². The van der Waals surface area contributed by atoms with Gasteiger partial charge in [0.15, 0.2) is 0 Å². The van der Waals surface area contributed by atoms with Gasteiger partial charge in [-0.3, -0.25) is 0 Å². The first-order chi connectivity index (χ1) is 20.9. The third-order valence-corrected chi connectivity index (χ3v) is 7.38. The van der Waals surface area contributed by atoms with Crippen LogP contribution in [0, 0.1) is 0 Å². The Hall–Kier alpha value is -3.43. The zero-order valence-corrected chi connectivity index (χ0v) is 25.6. The number of hydrogen-bond acceptors (Lipinski definition) is 6. The number of carbonyl (C=O) groups is 1. The van der Waals surface area contributed by atoms with Gasteiger partial charge < -0.3 is 35.3 Å². The van der Waals surface area contributed by atoms with E-state index in [1.807, 2.05) is 74.5 Å². The van der Waals surface area contributed by atoms with Gasteiger partial charge in [0.2, 0.25) is 5.79 Å². The van der Waals surface area contributed by atoms with E-state index < -0.39 is 11.9 Å². The summed E-state index contributed by atoms with van der Waals surface area (Å²) < 4.78 is 17.4. The zero-order chi connectivity index (χ0) is 30.3. The number of urea groups is 1. The Balaban J connectivity index is 0.953. The van der Waals surface area contributed by atoms with Crippen molar-refractivity contribution >= 4 is 17.4 Å². The summed E-state index contributed by atoms with van der Waals surface area (Å²) in [5.41, 5.74) is 4.65. The van der Waals surface area contributed by atoms with Crippen molar-refractivity contribution in [3.05, 3.63) is 89.5 Å². The molecule has 4 rings (SSSR count). The molecule has 8 heteroatoms. The van der Waals surface area contributed by atoms with Crippen LogP contribution in [0.2, 0.25) is 0 Å². The molecule has 4 N–H and O–H groups in total. The number of carbonyl (C=O) groups excluding carboxylic acids is 1. The molecule has 1 aliphatic heterocycles. The van der Waals surface area contributed by atoms with Crippen molar-refractivity contribution in [2.24, 2.45) is 0 Å². The lowest BCUT2D eigenvalue weighted by atomic mass is 10.0. The first-order valence-corrected chi connectivity index (χ1v) is 15.5. The fraction of sp³-hybridized carbons (Fsp3) is 0.457. The molecule has 0 saturated heterocycles. The number of nitrogens with one attached hydrogen (secondary N) is 3. The van der Waals surface area contributed by atoms with Crippen LogP contribution in [0.25, 0.3) is 0 Å². The first-order valence-electron chi connectivity index (χ1n) is 15.5. The number of ether oxygens (including phenoxy) is 3. The lowest BCUT2D eigenvalue weighted by Gasteiger charge is -2.33. The molecule has 0 saturated carbocycles. The van der Waals surface area contributed by atoms with E-state index in [4.69, 9.17) is 14.2 Å². The van der Waals surface area contributed by atoms with E-state index in [0.29, 0.717) is 13.2 Å². The average molecular weight is 590 g/mol. The van der Waals surface area contributed by atoms with E-state index in [9.17, 15) is 9.90 Å². The average Bonchev–Trinajstić information content (AvgIpc) is 3.00. The van der Waals surface area contributed by atoms with Gasteiger partial charge in [-0.1, -0.05) is 49.2 Å². The van der Waals surface area contributed by atoms with Gasteiger partial charge in [0.05, 0.1) is 12.7 Å². The van der Waals surface area contributed by atoms with Crippen LogP contribution in [0.1, 0.15) is 75.2 Å². The predicted molar refractivity (Wildman–Crippen MR) is 172 cm³/mol. The van der Waals surface area contributed by atoms with Crippen LogP contribution in [-0.2, 0) is 22.5 Å². The van der Waals surface area contributed by atoms with Crippen molar-refractivity contribution in [1.82, 2.24) is 5.32 Å². The zero-order valence-electron chi connectivity index (χ0n) is 25.6. The fourth-order valence-electron chi connectivity index (χ4n) is 4.93. The van der Waals surface area contributed by atoms with Crippen LogP contribution in [0.15, 0.2) is 72.8 Å². The summed E-state index contributed by atoms with van der Waals surface area (Å²) in [6.45, 7) is 7.31. The van der Waals surface area contributed by atoms with Gasteiger partial charge in [0.1, 0.15) is 5.75 Å². The number of hydrogen-bond donors (Lipinski definition) is 4. The minimum Gasteiger partial charge on any atom is -0.463 e. The second-order valence-electron chi connectivity index (χ2n) is 11.5. The minimum absolute atomic E-state index is 0.249. The molecule has 0 spiro atoms. The molecule has 0 unspecified atom stereocenters.